The lowest BCUT2D eigenvalue weighted by atomic mass is 10.0. The predicted octanol–water partition coefficient (Wildman–Crippen LogP) is 9.57. The van der Waals surface area contributed by atoms with E-state index < -0.39 is 23.3 Å². The van der Waals surface area contributed by atoms with E-state index in [4.69, 9.17) is 14.6 Å². The summed E-state index contributed by atoms with van der Waals surface area (Å²) < 4.78 is 76.0. The highest BCUT2D eigenvalue weighted by atomic mass is 35.5. The van der Waals surface area contributed by atoms with Gasteiger partial charge in [-0.1, -0.05) is 0 Å². The minimum absolute atomic E-state index is 0. The molecule has 12 rings (SSSR count). The van der Waals surface area contributed by atoms with Gasteiger partial charge in [-0.2, -0.15) is 0 Å². The first kappa shape index (κ1) is 52.4. The van der Waals surface area contributed by atoms with Crippen LogP contribution in [0.5, 0.6) is 11.5 Å². The lowest BCUT2D eigenvalue weighted by Crippen LogP contribution is -2.39. The number of aryl methyl sites for hydroxylation is 2. The molecule has 4 N–H and O–H groups in total. The molecule has 4 aliphatic heterocycles. The molecule has 4 aliphatic rings. The smallest absolute Gasteiger partial charge is 0.229 e. The molecule has 0 saturated carbocycles. The van der Waals surface area contributed by atoms with Gasteiger partial charge in [0.25, 0.3) is 0 Å². The Morgan fingerprint density at radius 3 is 1.50 bits per heavy atom. The minimum atomic E-state index is -0.651. The molecule has 8 aromatic rings. The summed E-state index contributed by atoms with van der Waals surface area (Å²) in [6.07, 6.45) is 12.7. The van der Waals surface area contributed by atoms with Crippen LogP contribution in [0.2, 0.25) is 0 Å². The highest BCUT2D eigenvalue weighted by molar-refractivity contribution is 5.86. The van der Waals surface area contributed by atoms with E-state index >= 15 is 8.78 Å². The maximum Gasteiger partial charge on any atom is 0.229 e. The van der Waals surface area contributed by atoms with Gasteiger partial charge in [-0.15, -0.1) is 12.4 Å². The fourth-order valence-corrected chi connectivity index (χ4v) is 10.6. The molecule has 2 aromatic carbocycles. The van der Waals surface area contributed by atoms with Gasteiger partial charge in [-0.05, 0) is 128 Å². The monoisotopic (exact) mass is 1060 g/mol. The quantitative estimate of drug-likeness (QED) is 0.0846. The number of aliphatic hydroxyl groups is 1. The van der Waals surface area contributed by atoms with Crippen molar-refractivity contribution in [1.29, 1.82) is 0 Å². The summed E-state index contributed by atoms with van der Waals surface area (Å²) in [4.78, 5) is 36.8. The number of benzene rings is 2. The first-order valence-electron chi connectivity index (χ1n) is 25.5. The lowest BCUT2D eigenvalue weighted by molar-refractivity contribution is 0.0886. The third kappa shape index (κ3) is 10.8. The van der Waals surface area contributed by atoms with Gasteiger partial charge in [0.05, 0.1) is 42.4 Å². The molecule has 0 amide bonds. The van der Waals surface area contributed by atoms with E-state index in [0.29, 0.717) is 57.4 Å². The van der Waals surface area contributed by atoms with Crippen LogP contribution in [0.4, 0.5) is 41.1 Å². The summed E-state index contributed by atoms with van der Waals surface area (Å²) in [5.74, 6) is 1.97. The molecule has 0 bridgehead atoms. The van der Waals surface area contributed by atoms with Crippen molar-refractivity contribution in [3.8, 4) is 34.0 Å². The van der Waals surface area contributed by atoms with E-state index in [1.165, 1.54) is 12.1 Å². The van der Waals surface area contributed by atoms with Gasteiger partial charge < -0.3 is 44.6 Å². The highest BCUT2D eigenvalue weighted by Crippen LogP contribution is 2.40. The fourth-order valence-electron chi connectivity index (χ4n) is 10.6. The molecule has 398 valence electrons. The number of likely N-dealkylation sites (tertiary alicyclic amines) is 1. The Bertz CT molecular complexity index is 3380. The van der Waals surface area contributed by atoms with Gasteiger partial charge in [0.1, 0.15) is 69.4 Å². The van der Waals surface area contributed by atoms with Crippen molar-refractivity contribution < 1.29 is 32.1 Å². The third-order valence-electron chi connectivity index (χ3n) is 14.5. The predicted molar refractivity (Wildman–Crippen MR) is 283 cm³/mol. The minimum Gasteiger partial charge on any atom is -0.489 e. The topological polar surface area (TPSA) is 191 Å². The number of imidazole rings is 2. The van der Waals surface area contributed by atoms with Crippen molar-refractivity contribution in [2.75, 3.05) is 50.0 Å². The van der Waals surface area contributed by atoms with Crippen LogP contribution in [0.15, 0.2) is 73.3 Å². The zero-order valence-corrected chi connectivity index (χ0v) is 43.4. The Kier molecular flexibility index (Phi) is 14.8. The average Bonchev–Trinajstić information content (AvgIpc) is 4.19. The van der Waals surface area contributed by atoms with Crippen LogP contribution < -0.4 is 25.4 Å². The number of β-amino-alcohol motifs (C(OH)–C–C–N with tert-alkyl or cyclic N) is 1. The maximum atomic E-state index is 15.1. The molecule has 0 spiro atoms. The summed E-state index contributed by atoms with van der Waals surface area (Å²) in [6.45, 7) is 12.9. The van der Waals surface area contributed by atoms with Gasteiger partial charge in [-0.3, -0.25) is 0 Å². The fraction of sp³-hybridized carbons (Fsp3) is 0.407. The van der Waals surface area contributed by atoms with Gasteiger partial charge in [0, 0.05) is 54.7 Å². The number of fused-ring (bicyclic) bond motifs is 6. The van der Waals surface area contributed by atoms with Crippen molar-refractivity contribution in [3.05, 3.63) is 108 Å². The summed E-state index contributed by atoms with van der Waals surface area (Å²) in [6, 6.07) is 13.2. The van der Waals surface area contributed by atoms with E-state index in [9.17, 15) is 8.78 Å². The van der Waals surface area contributed by atoms with Crippen molar-refractivity contribution in [2.24, 2.45) is 0 Å². The number of aromatic nitrogens is 10. The Morgan fingerprint density at radius 1 is 0.605 bits per heavy atom. The Labute approximate surface area is 442 Å². The molecule has 0 atom stereocenters. The van der Waals surface area contributed by atoms with Gasteiger partial charge in [-0.25, -0.2) is 57.4 Å². The van der Waals surface area contributed by atoms with E-state index in [2.05, 4.69) is 88.4 Å². The Hall–Kier alpha value is -7.07. The Morgan fingerprint density at radius 2 is 1.07 bits per heavy atom. The number of halogens is 5. The van der Waals surface area contributed by atoms with Gasteiger partial charge in [0.2, 0.25) is 11.9 Å². The van der Waals surface area contributed by atoms with Crippen molar-refractivity contribution in [1.82, 2.24) is 59.2 Å². The summed E-state index contributed by atoms with van der Waals surface area (Å²) in [7, 11) is 0. The van der Waals surface area contributed by atoms with E-state index in [1.54, 1.807) is 36.7 Å². The van der Waals surface area contributed by atoms with Crippen LogP contribution in [0, 0.1) is 23.3 Å². The SMILES string of the molecule is CC1(C)CCc2nc3c(F)cc(-c4nc(Nc5ccc(OC6CCN(CCO)CC6)cn5)ncc4F)cc3n21.CC1(C)CCc2nc3c(F)cc(-c4nc(Nc5ccc(OC6CCNCC6)cn5)ncc4F)cc3n21.Cl. The second-order valence-electron chi connectivity index (χ2n) is 20.7. The number of piperidine rings is 2. The average molecular weight is 1060 g/mol. The highest BCUT2D eigenvalue weighted by Gasteiger charge is 2.35. The Balaban J connectivity index is 0.000000171. The van der Waals surface area contributed by atoms with Crippen molar-refractivity contribution >= 4 is 58.0 Å². The van der Waals surface area contributed by atoms with Crippen LogP contribution in [0.1, 0.15) is 77.9 Å². The molecule has 2 fully saturated rings. The second-order valence-corrected chi connectivity index (χ2v) is 20.7. The number of hydrogen-bond donors (Lipinski definition) is 4. The first-order chi connectivity index (χ1) is 36.2. The van der Waals surface area contributed by atoms with Gasteiger partial charge in [0.15, 0.2) is 23.3 Å². The molecule has 76 heavy (non-hydrogen) atoms. The van der Waals surface area contributed by atoms with E-state index in [1.807, 2.05) is 21.3 Å². The number of hydrogen-bond acceptors (Lipinski definition) is 15. The normalized spacial score (nSPS) is 17.2. The van der Waals surface area contributed by atoms with Crippen LogP contribution in [0.25, 0.3) is 44.6 Å². The number of nitrogens with zero attached hydrogens (tertiary/aromatic N) is 11. The second kappa shape index (κ2) is 21.5. The molecule has 22 heteroatoms. The third-order valence-corrected chi connectivity index (χ3v) is 14.5. The number of nitrogens with one attached hydrogen (secondary N) is 3. The maximum absolute atomic E-state index is 15.1. The lowest BCUT2D eigenvalue weighted by Gasteiger charge is -2.31. The van der Waals surface area contributed by atoms with E-state index in [-0.39, 0.29) is 71.1 Å². The number of aliphatic hydroxyl groups excluding tert-OH is 1. The molecule has 0 unspecified atom stereocenters. The molecule has 0 aliphatic carbocycles. The number of anilines is 4. The van der Waals surface area contributed by atoms with Crippen LogP contribution in [0.3, 0.4) is 0 Å². The standard InChI is InChI=1S/C28H31F2N7O2.C26H27F2N7O.ClH/c1-28(2)8-5-24-34-26-20(29)13-17(14-22(26)37(24)28)25-21(30)16-32-27(35-25)33-23-4-3-19(15-31-23)39-18-6-9-36(10-7-18)11-12-38;1-26(2)8-5-22-33-24-18(27)11-15(12-20(24)35(22)26)23-19(28)14-31-25(34-23)32-21-4-3-17(13-30-21)36-16-6-9-29-10-7-16;/h3-4,13-16,18,38H,5-12H2,1-2H3,(H,31,32,33,35);3-4,11-14,16,29H,5-10H2,1-2H3,(H,30,31,32,34);1H. The molecule has 17 nitrogen and oxygen atoms in total. The number of pyridine rings is 2. The molecular weight excluding hydrogens is 1000 g/mol. The molecule has 0 radical (unpaired) electrons. The molecule has 10 heterocycles. The first-order valence-corrected chi connectivity index (χ1v) is 25.5. The van der Waals surface area contributed by atoms with Crippen molar-refractivity contribution in [3.63, 3.8) is 0 Å². The van der Waals surface area contributed by atoms with Crippen LogP contribution in [-0.4, -0.2) is 111 Å². The summed E-state index contributed by atoms with van der Waals surface area (Å²) in [5.41, 5.74) is 2.10. The van der Waals surface area contributed by atoms with Crippen LogP contribution in [-0.2, 0) is 23.9 Å². The van der Waals surface area contributed by atoms with Gasteiger partial charge >= 0.3 is 0 Å². The van der Waals surface area contributed by atoms with E-state index in [0.717, 1.165) is 102 Å². The summed E-state index contributed by atoms with van der Waals surface area (Å²) >= 11 is 0. The molecule has 6 aromatic heterocycles. The molecule has 2 saturated heterocycles. The number of rotatable bonds is 12. The zero-order chi connectivity index (χ0) is 52.0. The largest absolute Gasteiger partial charge is 0.489 e. The number of ether oxygens (including phenoxy) is 2. The summed E-state index contributed by atoms with van der Waals surface area (Å²) in [5, 5.41) is 18.4. The molecular formula is C54H59ClF4N14O3. The van der Waals surface area contributed by atoms with Crippen LogP contribution >= 0.6 is 12.4 Å². The zero-order valence-electron chi connectivity index (χ0n) is 42.6. The van der Waals surface area contributed by atoms with Crippen molar-refractivity contribution in [2.45, 2.75) is 102 Å².